The van der Waals surface area contributed by atoms with Gasteiger partial charge < -0.3 is 5.32 Å². The van der Waals surface area contributed by atoms with E-state index >= 15 is 0 Å². The first-order valence-corrected chi connectivity index (χ1v) is 9.39. The van der Waals surface area contributed by atoms with Crippen LogP contribution in [0.5, 0.6) is 0 Å². The number of allylic oxidation sites excluding steroid dienone is 1. The molecule has 0 amide bonds. The monoisotopic (exact) mass is 409 g/mol. The van der Waals surface area contributed by atoms with Crippen LogP contribution in [0.15, 0.2) is 27.8 Å². The quantitative estimate of drug-likeness (QED) is 0.732. The lowest BCUT2D eigenvalue weighted by molar-refractivity contribution is -0.124. The van der Waals surface area contributed by atoms with Crippen LogP contribution in [-0.4, -0.2) is 17.9 Å². The molecule has 2 nitrogen and oxygen atoms in total. The summed E-state index contributed by atoms with van der Waals surface area (Å²) in [5.74, 6) is 0.983. The molecule has 1 aromatic rings. The molecule has 1 aromatic carbocycles. The van der Waals surface area contributed by atoms with E-state index < -0.39 is 0 Å². The van der Waals surface area contributed by atoms with E-state index in [0.717, 1.165) is 12.8 Å². The lowest BCUT2D eigenvalue weighted by Gasteiger charge is -2.37. The van der Waals surface area contributed by atoms with Crippen LogP contribution >= 0.6 is 22.6 Å². The molecule has 3 heteroatoms. The number of hydrogen-bond donors (Lipinski definition) is 1. The van der Waals surface area contributed by atoms with Crippen LogP contribution < -0.4 is 5.32 Å². The van der Waals surface area contributed by atoms with Crippen LogP contribution in [0.4, 0.5) is 0 Å². The molecule has 2 unspecified atom stereocenters. The highest BCUT2D eigenvalue weighted by molar-refractivity contribution is 14.1. The Kier molecular flexibility index (Phi) is 5.03. The minimum absolute atomic E-state index is 0.163. The molecule has 22 heavy (non-hydrogen) atoms. The zero-order chi connectivity index (χ0) is 15.7. The number of carbonyl (C=O) groups excluding carboxylic acids is 1. The fourth-order valence-corrected chi connectivity index (χ4v) is 4.51. The van der Waals surface area contributed by atoms with Gasteiger partial charge in [-0.15, -0.1) is 0 Å². The molecule has 0 saturated carbocycles. The van der Waals surface area contributed by atoms with Crippen molar-refractivity contribution in [2.45, 2.75) is 57.5 Å². The number of piperidine rings is 1. The maximum atomic E-state index is 12.5. The number of halogens is 1. The topological polar surface area (TPSA) is 29.1 Å². The molecule has 0 spiro atoms. The van der Waals surface area contributed by atoms with Crippen molar-refractivity contribution in [3.63, 3.8) is 0 Å². The van der Waals surface area contributed by atoms with Crippen LogP contribution in [0.2, 0.25) is 0 Å². The van der Waals surface area contributed by atoms with E-state index in [0.29, 0.717) is 30.2 Å². The fraction of sp³-hybridized carbons (Fsp3) is 0.526. The van der Waals surface area contributed by atoms with E-state index in [1.54, 1.807) is 0 Å². The van der Waals surface area contributed by atoms with Gasteiger partial charge in [-0.2, -0.15) is 0 Å². The average Bonchev–Trinajstić information content (AvgIpc) is 2.88. The van der Waals surface area contributed by atoms with E-state index in [4.69, 9.17) is 0 Å². The summed E-state index contributed by atoms with van der Waals surface area (Å²) in [5.41, 5.74) is 2.58. The lowest BCUT2D eigenvalue weighted by Crippen LogP contribution is -2.47. The van der Waals surface area contributed by atoms with Gasteiger partial charge in [-0.05, 0) is 75.5 Å². The molecule has 3 rings (SSSR count). The number of fused-ring (bicyclic) bond motifs is 2. The van der Waals surface area contributed by atoms with E-state index in [1.165, 1.54) is 21.1 Å². The smallest absolute Gasteiger partial charge is 0.137 e. The van der Waals surface area contributed by atoms with Crippen molar-refractivity contribution in [2.24, 2.45) is 5.92 Å². The van der Waals surface area contributed by atoms with Crippen molar-refractivity contribution in [1.82, 2.24) is 5.32 Å². The Labute approximate surface area is 146 Å². The summed E-state index contributed by atoms with van der Waals surface area (Å²) in [7, 11) is 0. The predicted octanol–water partition coefficient (Wildman–Crippen LogP) is 4.69. The van der Waals surface area contributed by atoms with Crippen molar-refractivity contribution < 1.29 is 4.79 Å². The minimum Gasteiger partial charge on any atom is -0.310 e. The van der Waals surface area contributed by atoms with Gasteiger partial charge in [0, 0.05) is 24.4 Å². The van der Waals surface area contributed by atoms with Gasteiger partial charge in [-0.25, -0.2) is 0 Å². The Morgan fingerprint density at radius 3 is 2.68 bits per heavy atom. The fourth-order valence-electron chi connectivity index (χ4n) is 4.15. The first-order valence-electron chi connectivity index (χ1n) is 8.31. The molecule has 2 heterocycles. The minimum atomic E-state index is 0.163. The summed E-state index contributed by atoms with van der Waals surface area (Å²) in [5, 5.41) is 3.66. The molecule has 118 valence electrons. The standard InChI is InChI=1S/C19H24INO/c1-3-18(22)19-16(11-15-8-9-17(19)21-15)14-6-4-13(5-7-14)10-12(2)20/h4-7,10,15-17,19,21H,3,8-9,11H2,1-2H3/b12-10-/t15?,16-,17?,19+/m1/s1. The van der Waals surface area contributed by atoms with Crippen molar-refractivity contribution in [2.75, 3.05) is 0 Å². The van der Waals surface area contributed by atoms with Gasteiger partial charge in [0.15, 0.2) is 0 Å². The molecule has 2 aliphatic rings. The summed E-state index contributed by atoms with van der Waals surface area (Å²) in [6, 6.07) is 9.84. The van der Waals surface area contributed by atoms with Gasteiger partial charge in [0.05, 0.1) is 0 Å². The Morgan fingerprint density at radius 2 is 2.05 bits per heavy atom. The van der Waals surface area contributed by atoms with Crippen molar-refractivity contribution in [3.05, 3.63) is 39.0 Å². The van der Waals surface area contributed by atoms with Crippen LogP contribution in [-0.2, 0) is 4.79 Å². The third-order valence-corrected chi connectivity index (χ3v) is 5.44. The summed E-state index contributed by atoms with van der Waals surface area (Å²) in [6.07, 6.45) is 6.33. The Morgan fingerprint density at radius 1 is 1.32 bits per heavy atom. The van der Waals surface area contributed by atoms with Gasteiger partial charge >= 0.3 is 0 Å². The number of hydrogen-bond acceptors (Lipinski definition) is 2. The highest BCUT2D eigenvalue weighted by Crippen LogP contribution is 2.42. The first kappa shape index (κ1) is 16.2. The van der Waals surface area contributed by atoms with Crippen molar-refractivity contribution in [3.8, 4) is 0 Å². The summed E-state index contributed by atoms with van der Waals surface area (Å²) in [6.45, 7) is 4.10. The van der Waals surface area contributed by atoms with Gasteiger partial charge in [0.2, 0.25) is 0 Å². The number of Topliss-reactive ketones (excluding diaryl/α,β-unsaturated/α-hetero) is 1. The Hall–Kier alpha value is -0.680. The highest BCUT2D eigenvalue weighted by Gasteiger charge is 2.44. The number of nitrogens with one attached hydrogen (secondary N) is 1. The molecule has 0 aromatic heterocycles. The second kappa shape index (κ2) is 6.83. The molecule has 0 radical (unpaired) electrons. The molecular weight excluding hydrogens is 385 g/mol. The highest BCUT2D eigenvalue weighted by atomic mass is 127. The third kappa shape index (κ3) is 3.30. The van der Waals surface area contributed by atoms with E-state index in [9.17, 15) is 4.79 Å². The Bertz CT molecular complexity index is 574. The number of ketones is 1. The zero-order valence-electron chi connectivity index (χ0n) is 13.3. The third-order valence-electron chi connectivity index (χ3n) is 5.13. The van der Waals surface area contributed by atoms with Gasteiger partial charge in [0.25, 0.3) is 0 Å². The second-order valence-corrected chi connectivity index (χ2v) is 8.33. The predicted molar refractivity (Wildman–Crippen MR) is 100 cm³/mol. The largest absolute Gasteiger partial charge is 0.310 e. The molecule has 0 aliphatic carbocycles. The first-order chi connectivity index (χ1) is 10.6. The van der Waals surface area contributed by atoms with E-state index in [1.807, 2.05) is 6.92 Å². The van der Waals surface area contributed by atoms with Crippen molar-refractivity contribution >= 4 is 34.5 Å². The summed E-state index contributed by atoms with van der Waals surface area (Å²) in [4.78, 5) is 12.5. The molecule has 2 fully saturated rings. The molecule has 1 N–H and O–H groups in total. The number of benzene rings is 1. The average molecular weight is 409 g/mol. The molecule has 2 aliphatic heterocycles. The summed E-state index contributed by atoms with van der Waals surface area (Å²) >= 11 is 2.34. The van der Waals surface area contributed by atoms with E-state index in [2.05, 4.69) is 65.2 Å². The Balaban J connectivity index is 1.87. The van der Waals surface area contributed by atoms with Crippen LogP contribution in [0.1, 0.15) is 56.6 Å². The second-order valence-electron chi connectivity index (χ2n) is 6.63. The van der Waals surface area contributed by atoms with Gasteiger partial charge in [-0.3, -0.25) is 4.79 Å². The molecule has 2 bridgehead atoms. The van der Waals surface area contributed by atoms with E-state index in [-0.39, 0.29) is 5.92 Å². The number of rotatable bonds is 4. The van der Waals surface area contributed by atoms with Gasteiger partial charge in [0.1, 0.15) is 5.78 Å². The van der Waals surface area contributed by atoms with Crippen LogP contribution in [0.3, 0.4) is 0 Å². The normalized spacial score (nSPS) is 31.3. The number of carbonyl (C=O) groups is 1. The molecular formula is C19H24INO. The van der Waals surface area contributed by atoms with Gasteiger partial charge in [-0.1, -0.05) is 31.2 Å². The molecule has 2 saturated heterocycles. The zero-order valence-corrected chi connectivity index (χ0v) is 15.5. The van der Waals surface area contributed by atoms with Crippen LogP contribution in [0.25, 0.3) is 6.08 Å². The van der Waals surface area contributed by atoms with Crippen LogP contribution in [0, 0.1) is 5.92 Å². The lowest BCUT2D eigenvalue weighted by atomic mass is 9.74. The summed E-state index contributed by atoms with van der Waals surface area (Å²) < 4.78 is 1.28. The maximum Gasteiger partial charge on any atom is 0.137 e. The molecule has 4 atom stereocenters. The van der Waals surface area contributed by atoms with Crippen molar-refractivity contribution in [1.29, 1.82) is 0 Å². The maximum absolute atomic E-state index is 12.5. The SMILES string of the molecule is CCC(=O)[C@@H]1C2CCC(C[C@@H]1c1ccc(/C=C(/C)I)cc1)N2.